The first-order valence-electron chi connectivity index (χ1n) is 8.48. The number of anilines is 1. The zero-order chi connectivity index (χ0) is 19.4. The normalized spacial score (nSPS) is 11.9. The molecule has 9 nitrogen and oxygen atoms in total. The topological polar surface area (TPSA) is 108 Å². The fraction of sp³-hybridized carbons (Fsp3) is 0.278. The molecule has 9 heteroatoms. The predicted molar refractivity (Wildman–Crippen MR) is 99.2 cm³/mol. The summed E-state index contributed by atoms with van der Waals surface area (Å²) in [5.74, 6) is -0.798. The summed E-state index contributed by atoms with van der Waals surface area (Å²) in [5.41, 5.74) is 2.35. The van der Waals surface area contributed by atoms with E-state index in [0.717, 1.165) is 5.56 Å². The Morgan fingerprint density at radius 2 is 2.15 bits per heavy atom. The second kappa shape index (κ2) is 7.81. The molecule has 3 aromatic rings. The summed E-state index contributed by atoms with van der Waals surface area (Å²) in [5, 5.41) is 21.8. The van der Waals surface area contributed by atoms with Crippen LogP contribution in [0.25, 0.3) is 0 Å². The Hall–Kier alpha value is -3.49. The number of hydrogen-bond donors (Lipinski definition) is 1. The molecule has 0 aliphatic heterocycles. The zero-order valence-corrected chi connectivity index (χ0v) is 15.1. The number of carbonyl (C=O) groups is 1. The first-order chi connectivity index (χ1) is 12.9. The van der Waals surface area contributed by atoms with Gasteiger partial charge >= 0.3 is 5.82 Å². The maximum Gasteiger partial charge on any atom is 0.390 e. The molecule has 2 aromatic heterocycles. The molecule has 140 valence electrons. The van der Waals surface area contributed by atoms with Crippen molar-refractivity contribution < 1.29 is 9.72 Å². The first kappa shape index (κ1) is 18.3. The molecule has 0 spiro atoms. The van der Waals surface area contributed by atoms with Crippen molar-refractivity contribution in [3.63, 3.8) is 0 Å². The number of amides is 1. The van der Waals surface area contributed by atoms with Gasteiger partial charge in [0.05, 0.1) is 35.9 Å². The number of aromatic nitrogens is 4. The van der Waals surface area contributed by atoms with Gasteiger partial charge in [0.2, 0.25) is 5.91 Å². The number of nitro groups is 1. The van der Waals surface area contributed by atoms with E-state index < -0.39 is 10.8 Å². The van der Waals surface area contributed by atoms with Crippen LogP contribution in [0.15, 0.2) is 48.8 Å². The molecule has 0 fully saturated rings. The molecule has 0 aliphatic carbocycles. The monoisotopic (exact) mass is 368 g/mol. The van der Waals surface area contributed by atoms with E-state index in [1.165, 1.54) is 10.7 Å². The number of rotatable bonds is 7. The summed E-state index contributed by atoms with van der Waals surface area (Å²) >= 11 is 0. The van der Waals surface area contributed by atoms with Gasteiger partial charge in [0, 0.05) is 18.1 Å². The average molecular weight is 368 g/mol. The molecular formula is C18H20N6O3. The van der Waals surface area contributed by atoms with E-state index in [1.807, 2.05) is 36.5 Å². The van der Waals surface area contributed by atoms with Crippen molar-refractivity contribution in [3.05, 3.63) is 70.2 Å². The molecule has 1 amide bonds. The number of benzene rings is 1. The van der Waals surface area contributed by atoms with E-state index in [0.29, 0.717) is 17.9 Å². The Kier molecular flexibility index (Phi) is 5.30. The van der Waals surface area contributed by atoms with Crippen molar-refractivity contribution in [1.29, 1.82) is 0 Å². The summed E-state index contributed by atoms with van der Waals surface area (Å²) in [6.07, 6.45) is 3.59. The van der Waals surface area contributed by atoms with Crippen molar-refractivity contribution in [2.75, 3.05) is 5.32 Å². The van der Waals surface area contributed by atoms with Crippen LogP contribution in [-0.2, 0) is 17.9 Å². The summed E-state index contributed by atoms with van der Waals surface area (Å²) in [6, 6.07) is 10.8. The smallest absolute Gasteiger partial charge is 0.358 e. The minimum atomic E-state index is -0.542. The van der Waals surface area contributed by atoms with Crippen LogP contribution >= 0.6 is 0 Å². The van der Waals surface area contributed by atoms with Gasteiger partial charge in [-0.1, -0.05) is 19.1 Å². The lowest BCUT2D eigenvalue weighted by atomic mass is 10.1. The van der Waals surface area contributed by atoms with Crippen LogP contribution in [0.2, 0.25) is 0 Å². The molecule has 1 unspecified atom stereocenters. The van der Waals surface area contributed by atoms with Crippen LogP contribution in [0.5, 0.6) is 0 Å². The van der Waals surface area contributed by atoms with Crippen molar-refractivity contribution in [1.82, 2.24) is 19.6 Å². The number of nitrogens with one attached hydrogen (secondary N) is 1. The van der Waals surface area contributed by atoms with Crippen LogP contribution in [0.4, 0.5) is 11.5 Å². The predicted octanol–water partition coefficient (Wildman–Crippen LogP) is 2.62. The summed E-state index contributed by atoms with van der Waals surface area (Å²) in [7, 11) is 0. The average Bonchev–Trinajstić information content (AvgIpc) is 3.25. The summed E-state index contributed by atoms with van der Waals surface area (Å²) < 4.78 is 3.29. The van der Waals surface area contributed by atoms with Gasteiger partial charge in [0.25, 0.3) is 0 Å². The second-order valence-electron chi connectivity index (χ2n) is 6.38. The minimum Gasteiger partial charge on any atom is -0.358 e. The van der Waals surface area contributed by atoms with Gasteiger partial charge in [-0.15, -0.1) is 0 Å². The van der Waals surface area contributed by atoms with Crippen LogP contribution in [-0.4, -0.2) is 30.4 Å². The fourth-order valence-electron chi connectivity index (χ4n) is 2.70. The SMILES string of the molecule is Cc1cc([N+](=O)[O-])nn1CC(C)C(=O)Nc1cccc(Cn2cccn2)c1. The highest BCUT2D eigenvalue weighted by Crippen LogP contribution is 2.16. The molecule has 0 aliphatic rings. The summed E-state index contributed by atoms with van der Waals surface area (Å²) in [4.78, 5) is 22.8. The zero-order valence-electron chi connectivity index (χ0n) is 15.1. The van der Waals surface area contributed by atoms with Crippen molar-refractivity contribution in [3.8, 4) is 0 Å². The Bertz CT molecular complexity index is 948. The van der Waals surface area contributed by atoms with Gasteiger partial charge in [-0.25, -0.2) is 0 Å². The number of hydrogen-bond acceptors (Lipinski definition) is 5. The van der Waals surface area contributed by atoms with Crippen molar-refractivity contribution in [2.45, 2.75) is 26.9 Å². The third-order valence-corrected chi connectivity index (χ3v) is 4.15. The lowest BCUT2D eigenvalue weighted by Crippen LogP contribution is -2.25. The first-order valence-corrected chi connectivity index (χ1v) is 8.48. The highest BCUT2D eigenvalue weighted by atomic mass is 16.6. The molecule has 3 rings (SSSR count). The quantitative estimate of drug-likeness (QED) is 0.509. The Balaban J connectivity index is 1.63. The van der Waals surface area contributed by atoms with Crippen molar-refractivity contribution in [2.24, 2.45) is 5.92 Å². The van der Waals surface area contributed by atoms with Crippen LogP contribution in [0.1, 0.15) is 18.2 Å². The van der Waals surface area contributed by atoms with E-state index in [2.05, 4.69) is 15.5 Å². The summed E-state index contributed by atoms with van der Waals surface area (Å²) in [6.45, 7) is 4.36. The van der Waals surface area contributed by atoms with E-state index in [9.17, 15) is 14.9 Å². The van der Waals surface area contributed by atoms with E-state index in [-0.39, 0.29) is 18.3 Å². The van der Waals surface area contributed by atoms with Gasteiger partial charge in [-0.05, 0) is 35.6 Å². The van der Waals surface area contributed by atoms with Crippen LogP contribution in [0.3, 0.4) is 0 Å². The van der Waals surface area contributed by atoms with E-state index in [4.69, 9.17) is 0 Å². The molecule has 1 N–H and O–H groups in total. The molecule has 0 bridgehead atoms. The lowest BCUT2D eigenvalue weighted by Gasteiger charge is -2.12. The molecule has 0 saturated carbocycles. The van der Waals surface area contributed by atoms with Crippen molar-refractivity contribution >= 4 is 17.4 Å². The number of carbonyl (C=O) groups excluding carboxylic acids is 1. The highest BCUT2D eigenvalue weighted by molar-refractivity contribution is 5.92. The molecule has 0 radical (unpaired) electrons. The highest BCUT2D eigenvalue weighted by Gasteiger charge is 2.20. The van der Waals surface area contributed by atoms with Crippen LogP contribution in [0, 0.1) is 23.0 Å². The second-order valence-corrected chi connectivity index (χ2v) is 6.38. The molecule has 27 heavy (non-hydrogen) atoms. The van der Waals surface area contributed by atoms with E-state index in [1.54, 1.807) is 24.7 Å². The third kappa shape index (κ3) is 4.57. The van der Waals surface area contributed by atoms with Gasteiger partial charge in [-0.3, -0.25) is 9.48 Å². The Labute approximate surface area is 155 Å². The molecule has 2 heterocycles. The largest absolute Gasteiger partial charge is 0.390 e. The Morgan fingerprint density at radius 1 is 1.33 bits per heavy atom. The van der Waals surface area contributed by atoms with Gasteiger partial charge in [-0.2, -0.15) is 9.78 Å². The molecule has 1 aromatic carbocycles. The number of nitrogens with zero attached hydrogens (tertiary/aromatic N) is 5. The third-order valence-electron chi connectivity index (χ3n) is 4.15. The number of aryl methyl sites for hydroxylation is 1. The maximum absolute atomic E-state index is 12.5. The standard InChI is InChI=1S/C18H20N6O3/c1-13(11-23-14(2)9-17(21-23)24(26)27)18(25)20-16-6-3-5-15(10-16)12-22-8-4-7-19-22/h3-10,13H,11-12H2,1-2H3,(H,20,25). The Morgan fingerprint density at radius 3 is 2.81 bits per heavy atom. The van der Waals surface area contributed by atoms with Gasteiger partial charge in [0.15, 0.2) is 0 Å². The maximum atomic E-state index is 12.5. The fourth-order valence-corrected chi connectivity index (χ4v) is 2.70. The molecule has 0 saturated heterocycles. The molecule has 1 atom stereocenters. The molecular weight excluding hydrogens is 348 g/mol. The minimum absolute atomic E-state index is 0.177. The van der Waals surface area contributed by atoms with Gasteiger partial charge in [0.1, 0.15) is 0 Å². The van der Waals surface area contributed by atoms with Gasteiger partial charge < -0.3 is 15.4 Å². The van der Waals surface area contributed by atoms with E-state index >= 15 is 0 Å². The lowest BCUT2D eigenvalue weighted by molar-refractivity contribution is -0.389. The van der Waals surface area contributed by atoms with Crippen LogP contribution < -0.4 is 5.32 Å².